The third-order valence-corrected chi connectivity index (χ3v) is 4.42. The van der Waals surface area contributed by atoms with E-state index in [2.05, 4.69) is 0 Å². The van der Waals surface area contributed by atoms with Crippen LogP contribution in [0.4, 0.5) is 13.2 Å². The molecule has 0 aliphatic rings. The predicted molar refractivity (Wildman–Crippen MR) is 93.2 cm³/mol. The van der Waals surface area contributed by atoms with E-state index in [0.717, 1.165) is 22.7 Å². The highest BCUT2D eigenvalue weighted by molar-refractivity contribution is 5.95. The van der Waals surface area contributed by atoms with E-state index < -0.39 is 17.7 Å². The number of hydrogen-bond donors (Lipinski definition) is 0. The van der Waals surface area contributed by atoms with Crippen LogP contribution in [-0.2, 0) is 23.9 Å². The van der Waals surface area contributed by atoms with Crippen LogP contribution in [0.25, 0.3) is 10.9 Å². The van der Waals surface area contributed by atoms with Crippen molar-refractivity contribution < 1.29 is 22.7 Å². The van der Waals surface area contributed by atoms with Crippen molar-refractivity contribution in [1.82, 2.24) is 4.57 Å². The highest BCUT2D eigenvalue weighted by Crippen LogP contribution is 2.33. The van der Waals surface area contributed by atoms with Gasteiger partial charge in [0.15, 0.2) is 0 Å². The molecule has 3 aromatic rings. The van der Waals surface area contributed by atoms with E-state index in [1.807, 2.05) is 17.6 Å². The van der Waals surface area contributed by atoms with Crippen molar-refractivity contribution in [2.45, 2.75) is 26.1 Å². The summed E-state index contributed by atoms with van der Waals surface area (Å²) in [5, 5.41) is 0.800. The Bertz CT molecular complexity index is 957. The number of fused-ring (bicyclic) bond motifs is 1. The lowest BCUT2D eigenvalue weighted by Gasteiger charge is -2.14. The number of esters is 1. The molecule has 0 saturated carbocycles. The summed E-state index contributed by atoms with van der Waals surface area (Å²) in [5.41, 5.74) is 1.66. The number of aryl methyl sites for hydroxylation is 1. The number of hydrogen-bond acceptors (Lipinski definition) is 2. The van der Waals surface area contributed by atoms with Crippen molar-refractivity contribution in [2.75, 3.05) is 7.11 Å². The van der Waals surface area contributed by atoms with Crippen LogP contribution in [0.1, 0.15) is 34.1 Å². The molecule has 0 unspecified atom stereocenters. The summed E-state index contributed by atoms with van der Waals surface area (Å²) < 4.78 is 46.5. The van der Waals surface area contributed by atoms with Gasteiger partial charge in [-0.1, -0.05) is 18.2 Å². The Morgan fingerprint density at radius 2 is 1.85 bits per heavy atom. The van der Waals surface area contributed by atoms with Gasteiger partial charge in [0.05, 0.1) is 18.2 Å². The van der Waals surface area contributed by atoms with Crippen LogP contribution in [0.2, 0.25) is 0 Å². The van der Waals surface area contributed by atoms with Crippen molar-refractivity contribution in [3.05, 3.63) is 70.9 Å². The molecule has 0 saturated heterocycles. The van der Waals surface area contributed by atoms with E-state index in [9.17, 15) is 18.0 Å². The third-order valence-electron chi connectivity index (χ3n) is 4.42. The van der Waals surface area contributed by atoms with Gasteiger partial charge in [-0.2, -0.15) is 13.2 Å². The van der Waals surface area contributed by atoms with Gasteiger partial charge in [-0.15, -0.1) is 0 Å². The highest BCUT2D eigenvalue weighted by atomic mass is 19.4. The van der Waals surface area contributed by atoms with Gasteiger partial charge in [-0.05, 0) is 42.8 Å². The Balaban J connectivity index is 2.07. The summed E-state index contributed by atoms with van der Waals surface area (Å²) in [6, 6.07) is 12.6. The van der Waals surface area contributed by atoms with Crippen molar-refractivity contribution in [3.63, 3.8) is 0 Å². The Morgan fingerprint density at radius 1 is 1.12 bits per heavy atom. The number of nitrogens with zero attached hydrogens (tertiary/aromatic N) is 1. The molecule has 26 heavy (non-hydrogen) atoms. The lowest BCUT2D eigenvalue weighted by molar-refractivity contribution is -0.138. The van der Waals surface area contributed by atoms with E-state index in [-0.39, 0.29) is 12.0 Å². The van der Waals surface area contributed by atoms with Crippen molar-refractivity contribution in [3.8, 4) is 0 Å². The second kappa shape index (κ2) is 6.86. The third kappa shape index (κ3) is 3.31. The van der Waals surface area contributed by atoms with E-state index in [0.29, 0.717) is 12.1 Å². The fourth-order valence-electron chi connectivity index (χ4n) is 3.24. The highest BCUT2D eigenvalue weighted by Gasteiger charge is 2.33. The lowest BCUT2D eigenvalue weighted by Crippen LogP contribution is -2.10. The molecule has 3 nitrogen and oxygen atoms in total. The number of carbonyl (C=O) groups excluding carboxylic acids is 1. The first kappa shape index (κ1) is 18.0. The molecule has 0 aliphatic heterocycles. The zero-order chi connectivity index (χ0) is 18.9. The zero-order valence-corrected chi connectivity index (χ0v) is 14.4. The Labute approximate surface area is 149 Å². The average molecular weight is 361 g/mol. The maximum atomic E-state index is 13.3. The van der Waals surface area contributed by atoms with Gasteiger partial charge in [0.2, 0.25) is 0 Å². The molecule has 136 valence electrons. The maximum absolute atomic E-state index is 13.3. The molecule has 0 spiro atoms. The summed E-state index contributed by atoms with van der Waals surface area (Å²) in [4.78, 5) is 11.7. The summed E-state index contributed by atoms with van der Waals surface area (Å²) in [7, 11) is 1.31. The van der Waals surface area contributed by atoms with E-state index >= 15 is 0 Å². The monoisotopic (exact) mass is 361 g/mol. The van der Waals surface area contributed by atoms with Crippen molar-refractivity contribution in [1.29, 1.82) is 0 Å². The van der Waals surface area contributed by atoms with Gasteiger partial charge in [-0.3, -0.25) is 0 Å². The molecule has 0 fully saturated rings. The van der Waals surface area contributed by atoms with Gasteiger partial charge >= 0.3 is 12.1 Å². The standard InChI is InChI=1S/C20H18F3NO2/c1-3-24-16(11-13-6-4-5-7-17(13)20(21,22)23)12-15-10-14(19(25)26-2)8-9-18(15)24/h4-10,12H,3,11H2,1-2H3. The van der Waals surface area contributed by atoms with Crippen molar-refractivity contribution >= 4 is 16.9 Å². The van der Waals surface area contributed by atoms with Crippen LogP contribution in [0.15, 0.2) is 48.5 Å². The number of alkyl halides is 3. The van der Waals surface area contributed by atoms with Crippen LogP contribution < -0.4 is 0 Å². The van der Waals surface area contributed by atoms with E-state index in [1.165, 1.54) is 19.2 Å². The molecule has 1 heterocycles. The van der Waals surface area contributed by atoms with Gasteiger partial charge in [0, 0.05) is 29.6 Å². The molecule has 0 bridgehead atoms. The number of methoxy groups -OCH3 is 1. The number of benzene rings is 2. The molecule has 2 aromatic carbocycles. The number of rotatable bonds is 4. The second-order valence-corrected chi connectivity index (χ2v) is 5.98. The predicted octanol–water partition coefficient (Wildman–Crippen LogP) is 5.06. The normalized spacial score (nSPS) is 11.7. The first-order valence-corrected chi connectivity index (χ1v) is 8.20. The quantitative estimate of drug-likeness (QED) is 0.609. The Morgan fingerprint density at radius 3 is 2.50 bits per heavy atom. The average Bonchev–Trinajstić information content (AvgIpc) is 2.96. The van der Waals surface area contributed by atoms with Crippen LogP contribution in [-0.4, -0.2) is 17.6 Å². The maximum Gasteiger partial charge on any atom is 0.416 e. The minimum Gasteiger partial charge on any atom is -0.465 e. The van der Waals surface area contributed by atoms with E-state index in [1.54, 1.807) is 24.3 Å². The van der Waals surface area contributed by atoms with Crippen LogP contribution in [0.3, 0.4) is 0 Å². The molecule has 0 atom stereocenters. The zero-order valence-electron chi connectivity index (χ0n) is 14.4. The van der Waals surface area contributed by atoms with Gasteiger partial charge < -0.3 is 9.30 Å². The number of halogens is 3. The fraction of sp³-hybridized carbons (Fsp3) is 0.250. The fourth-order valence-corrected chi connectivity index (χ4v) is 3.24. The van der Waals surface area contributed by atoms with Gasteiger partial charge in [-0.25, -0.2) is 4.79 Å². The molecule has 3 rings (SSSR count). The van der Waals surface area contributed by atoms with Crippen LogP contribution in [0, 0.1) is 0 Å². The molecular formula is C20H18F3NO2. The van der Waals surface area contributed by atoms with Gasteiger partial charge in [0.25, 0.3) is 0 Å². The smallest absolute Gasteiger partial charge is 0.416 e. The SMILES string of the molecule is CCn1c(Cc2ccccc2C(F)(F)F)cc2cc(C(=O)OC)ccc21. The van der Waals surface area contributed by atoms with Crippen LogP contribution in [0.5, 0.6) is 0 Å². The number of aromatic nitrogens is 1. The molecule has 0 radical (unpaired) electrons. The number of carbonyl (C=O) groups is 1. The summed E-state index contributed by atoms with van der Waals surface area (Å²) in [5.74, 6) is -0.444. The minimum atomic E-state index is -4.39. The second-order valence-electron chi connectivity index (χ2n) is 5.98. The van der Waals surface area contributed by atoms with Gasteiger partial charge in [0.1, 0.15) is 0 Å². The Hall–Kier alpha value is -2.76. The summed E-state index contributed by atoms with van der Waals surface area (Å²) in [6.07, 6.45) is -4.23. The van der Waals surface area contributed by atoms with Crippen LogP contribution >= 0.6 is 0 Å². The largest absolute Gasteiger partial charge is 0.465 e. The number of ether oxygens (including phenoxy) is 1. The topological polar surface area (TPSA) is 31.2 Å². The first-order valence-electron chi connectivity index (χ1n) is 8.20. The Kier molecular flexibility index (Phi) is 4.76. The summed E-state index contributed by atoms with van der Waals surface area (Å²) in [6.45, 7) is 2.55. The molecule has 0 aliphatic carbocycles. The molecule has 0 amide bonds. The molecule has 6 heteroatoms. The molecule has 0 N–H and O–H groups in total. The molecular weight excluding hydrogens is 343 g/mol. The van der Waals surface area contributed by atoms with Crippen molar-refractivity contribution in [2.24, 2.45) is 0 Å². The minimum absolute atomic E-state index is 0.158. The molecule has 1 aromatic heterocycles. The lowest BCUT2D eigenvalue weighted by atomic mass is 10.0. The summed E-state index contributed by atoms with van der Waals surface area (Å²) >= 11 is 0. The van der Waals surface area contributed by atoms with E-state index in [4.69, 9.17) is 4.74 Å². The first-order chi connectivity index (χ1) is 12.3.